The van der Waals surface area contributed by atoms with Crippen molar-refractivity contribution < 1.29 is 4.79 Å². The zero-order valence-corrected chi connectivity index (χ0v) is 15.2. The fourth-order valence-corrected chi connectivity index (χ4v) is 3.28. The molecule has 5 nitrogen and oxygen atoms in total. The van der Waals surface area contributed by atoms with Crippen LogP contribution in [0, 0.1) is 0 Å². The first kappa shape index (κ1) is 17.7. The van der Waals surface area contributed by atoms with Gasteiger partial charge < -0.3 is 5.32 Å². The van der Waals surface area contributed by atoms with Crippen molar-refractivity contribution in [2.75, 3.05) is 0 Å². The van der Waals surface area contributed by atoms with Crippen molar-refractivity contribution in [3.05, 3.63) is 113 Å². The SMILES string of the molecule is O=C(NCc1ccccc1)C(c1ccccc1)n1c(=O)cnc2ccccc21. The highest BCUT2D eigenvalue weighted by Crippen LogP contribution is 2.21. The van der Waals surface area contributed by atoms with Gasteiger partial charge in [-0.1, -0.05) is 72.8 Å². The lowest BCUT2D eigenvalue weighted by Crippen LogP contribution is -2.38. The molecule has 1 atom stereocenters. The van der Waals surface area contributed by atoms with Gasteiger partial charge in [0.1, 0.15) is 6.04 Å². The number of rotatable bonds is 5. The van der Waals surface area contributed by atoms with Crippen LogP contribution in [0.3, 0.4) is 0 Å². The number of nitrogens with zero attached hydrogens (tertiary/aromatic N) is 2. The largest absolute Gasteiger partial charge is 0.350 e. The molecule has 0 radical (unpaired) electrons. The summed E-state index contributed by atoms with van der Waals surface area (Å²) >= 11 is 0. The van der Waals surface area contributed by atoms with E-state index in [1.807, 2.05) is 84.9 Å². The van der Waals surface area contributed by atoms with Crippen molar-refractivity contribution in [3.63, 3.8) is 0 Å². The molecule has 1 N–H and O–H groups in total. The number of nitrogens with one attached hydrogen (secondary N) is 1. The molecule has 0 bridgehead atoms. The van der Waals surface area contributed by atoms with Crippen LogP contribution in [0.1, 0.15) is 17.2 Å². The third kappa shape index (κ3) is 3.55. The zero-order valence-electron chi connectivity index (χ0n) is 15.2. The van der Waals surface area contributed by atoms with Crippen molar-refractivity contribution >= 4 is 16.9 Å². The van der Waals surface area contributed by atoms with Crippen molar-refractivity contribution in [1.29, 1.82) is 0 Å². The molecule has 0 fully saturated rings. The van der Waals surface area contributed by atoms with Gasteiger partial charge in [-0.25, -0.2) is 4.98 Å². The summed E-state index contributed by atoms with van der Waals surface area (Å²) in [6, 6.07) is 25.6. The molecular formula is C23H19N3O2. The molecule has 0 aliphatic carbocycles. The first-order valence-electron chi connectivity index (χ1n) is 9.07. The summed E-state index contributed by atoms with van der Waals surface area (Å²) in [6.07, 6.45) is 1.27. The van der Waals surface area contributed by atoms with E-state index in [9.17, 15) is 9.59 Å². The summed E-state index contributed by atoms with van der Waals surface area (Å²) in [5.74, 6) is -0.242. The van der Waals surface area contributed by atoms with E-state index in [1.165, 1.54) is 10.8 Å². The van der Waals surface area contributed by atoms with Crippen LogP contribution in [0.25, 0.3) is 11.0 Å². The highest BCUT2D eigenvalue weighted by atomic mass is 16.2. The van der Waals surface area contributed by atoms with Gasteiger partial charge in [-0.3, -0.25) is 14.2 Å². The second-order valence-corrected chi connectivity index (χ2v) is 6.47. The molecule has 138 valence electrons. The van der Waals surface area contributed by atoms with Crippen LogP contribution >= 0.6 is 0 Å². The van der Waals surface area contributed by atoms with Gasteiger partial charge in [0.25, 0.3) is 5.56 Å². The molecule has 1 heterocycles. The van der Waals surface area contributed by atoms with Gasteiger partial charge in [0.05, 0.1) is 17.2 Å². The Morgan fingerprint density at radius 3 is 2.29 bits per heavy atom. The molecule has 1 unspecified atom stereocenters. The summed E-state index contributed by atoms with van der Waals surface area (Å²) in [7, 11) is 0. The quantitative estimate of drug-likeness (QED) is 0.587. The van der Waals surface area contributed by atoms with Gasteiger partial charge in [-0.05, 0) is 23.3 Å². The fourth-order valence-electron chi connectivity index (χ4n) is 3.28. The van der Waals surface area contributed by atoms with Crippen molar-refractivity contribution in [1.82, 2.24) is 14.9 Å². The van der Waals surface area contributed by atoms with Crippen LogP contribution in [0.5, 0.6) is 0 Å². The molecule has 28 heavy (non-hydrogen) atoms. The standard InChI is InChI=1S/C23H19N3O2/c27-21-16-24-19-13-7-8-14-20(19)26(21)22(18-11-5-2-6-12-18)23(28)25-15-17-9-3-1-4-10-17/h1-14,16,22H,15H2,(H,25,28). The Labute approximate surface area is 162 Å². The summed E-state index contributed by atoms with van der Waals surface area (Å²) in [6.45, 7) is 0.390. The number of carbonyl (C=O) groups is 1. The van der Waals surface area contributed by atoms with Crippen molar-refractivity contribution in [3.8, 4) is 0 Å². The number of hydrogen-bond donors (Lipinski definition) is 1. The van der Waals surface area contributed by atoms with Gasteiger partial charge in [0.2, 0.25) is 5.91 Å². The molecule has 0 saturated heterocycles. The number of fused-ring (bicyclic) bond motifs is 1. The lowest BCUT2D eigenvalue weighted by atomic mass is 10.0. The number of benzene rings is 3. The second-order valence-electron chi connectivity index (χ2n) is 6.47. The van der Waals surface area contributed by atoms with E-state index < -0.39 is 6.04 Å². The first-order valence-corrected chi connectivity index (χ1v) is 9.07. The molecular weight excluding hydrogens is 350 g/mol. The van der Waals surface area contributed by atoms with E-state index in [1.54, 1.807) is 0 Å². The Bertz CT molecular complexity index is 1150. The third-order valence-electron chi connectivity index (χ3n) is 4.62. The number of hydrogen-bond acceptors (Lipinski definition) is 3. The van der Waals surface area contributed by atoms with E-state index in [2.05, 4.69) is 10.3 Å². The van der Waals surface area contributed by atoms with Crippen LogP contribution in [-0.2, 0) is 11.3 Å². The molecule has 4 aromatic rings. The van der Waals surface area contributed by atoms with Gasteiger partial charge in [0, 0.05) is 6.54 Å². The molecule has 1 aromatic heterocycles. The Hall–Kier alpha value is -3.73. The Morgan fingerprint density at radius 2 is 1.54 bits per heavy atom. The first-order chi connectivity index (χ1) is 13.7. The normalized spacial score (nSPS) is 11.9. The molecule has 4 rings (SSSR count). The predicted octanol–water partition coefficient (Wildman–Crippen LogP) is 3.30. The average Bonchev–Trinajstić information content (AvgIpc) is 2.75. The molecule has 0 saturated carbocycles. The second kappa shape index (κ2) is 7.88. The number of para-hydroxylation sites is 2. The van der Waals surface area contributed by atoms with Crippen LogP contribution in [0.15, 0.2) is 95.9 Å². The van der Waals surface area contributed by atoms with Crippen LogP contribution in [0.4, 0.5) is 0 Å². The third-order valence-corrected chi connectivity index (χ3v) is 4.62. The summed E-state index contributed by atoms with van der Waals surface area (Å²) < 4.78 is 1.51. The maximum absolute atomic E-state index is 13.2. The Morgan fingerprint density at radius 1 is 0.893 bits per heavy atom. The predicted molar refractivity (Wildman–Crippen MR) is 109 cm³/mol. The van der Waals surface area contributed by atoms with Gasteiger partial charge in [-0.15, -0.1) is 0 Å². The van der Waals surface area contributed by atoms with E-state index >= 15 is 0 Å². The minimum Gasteiger partial charge on any atom is -0.350 e. The molecule has 3 aromatic carbocycles. The topological polar surface area (TPSA) is 64.0 Å². The van der Waals surface area contributed by atoms with Crippen molar-refractivity contribution in [2.24, 2.45) is 0 Å². The minimum absolute atomic E-state index is 0.242. The maximum atomic E-state index is 13.2. The molecule has 1 amide bonds. The van der Waals surface area contributed by atoms with Gasteiger partial charge in [-0.2, -0.15) is 0 Å². The van der Waals surface area contributed by atoms with Gasteiger partial charge in [0.15, 0.2) is 0 Å². The number of aromatic nitrogens is 2. The fraction of sp³-hybridized carbons (Fsp3) is 0.0870. The van der Waals surface area contributed by atoms with E-state index in [0.717, 1.165) is 11.1 Å². The van der Waals surface area contributed by atoms with Crippen LogP contribution in [-0.4, -0.2) is 15.5 Å². The molecule has 0 aliphatic rings. The van der Waals surface area contributed by atoms with E-state index in [-0.39, 0.29) is 11.5 Å². The molecule has 5 heteroatoms. The minimum atomic E-state index is -0.787. The van der Waals surface area contributed by atoms with E-state index in [0.29, 0.717) is 17.6 Å². The maximum Gasteiger partial charge on any atom is 0.270 e. The average molecular weight is 369 g/mol. The molecule has 0 aliphatic heterocycles. The highest BCUT2D eigenvalue weighted by Gasteiger charge is 2.25. The Kier molecular flexibility index (Phi) is 4.97. The number of carbonyl (C=O) groups excluding carboxylic acids is 1. The van der Waals surface area contributed by atoms with Crippen LogP contribution in [0.2, 0.25) is 0 Å². The summed E-state index contributed by atoms with van der Waals surface area (Å²) in [4.78, 5) is 30.2. The smallest absolute Gasteiger partial charge is 0.270 e. The number of amides is 1. The van der Waals surface area contributed by atoms with E-state index in [4.69, 9.17) is 0 Å². The monoisotopic (exact) mass is 369 g/mol. The summed E-state index contributed by atoms with van der Waals surface area (Å²) in [5, 5.41) is 2.97. The highest BCUT2D eigenvalue weighted by molar-refractivity contribution is 5.86. The molecule has 0 spiro atoms. The van der Waals surface area contributed by atoms with Crippen LogP contribution < -0.4 is 10.9 Å². The van der Waals surface area contributed by atoms with Crippen molar-refractivity contribution in [2.45, 2.75) is 12.6 Å². The lowest BCUT2D eigenvalue weighted by molar-refractivity contribution is -0.123. The zero-order chi connectivity index (χ0) is 19.3. The van der Waals surface area contributed by atoms with Gasteiger partial charge >= 0.3 is 0 Å². The lowest BCUT2D eigenvalue weighted by Gasteiger charge is -2.21. The summed E-state index contributed by atoms with van der Waals surface area (Å²) in [5.41, 5.74) is 2.71. The Balaban J connectivity index is 1.78.